The number of methoxy groups -OCH3 is 2. The van der Waals surface area contributed by atoms with Crippen LogP contribution in [0.3, 0.4) is 0 Å². The fraction of sp³-hybridized carbons (Fsp3) is 0.500. The van der Waals surface area contributed by atoms with Crippen molar-refractivity contribution in [1.82, 2.24) is 14.9 Å². The summed E-state index contributed by atoms with van der Waals surface area (Å²) in [4.78, 5) is 26.6. The Morgan fingerprint density at radius 3 is 2.60 bits per heavy atom. The molecular formula is C22H29N5O3. The Bertz CT molecular complexity index is 927. The molecule has 30 heavy (non-hydrogen) atoms. The quantitative estimate of drug-likeness (QED) is 0.831. The maximum absolute atomic E-state index is 13.0. The van der Waals surface area contributed by atoms with Gasteiger partial charge in [0.25, 0.3) is 0 Å². The fourth-order valence-electron chi connectivity index (χ4n) is 4.15. The van der Waals surface area contributed by atoms with Crippen LogP contribution in [0, 0.1) is 6.92 Å². The predicted molar refractivity (Wildman–Crippen MR) is 116 cm³/mol. The van der Waals surface area contributed by atoms with E-state index in [4.69, 9.17) is 14.5 Å². The first-order valence-electron chi connectivity index (χ1n) is 10.5. The van der Waals surface area contributed by atoms with Crippen LogP contribution in [-0.2, 0) is 13.0 Å². The van der Waals surface area contributed by atoms with E-state index in [1.165, 1.54) is 19.3 Å². The van der Waals surface area contributed by atoms with Gasteiger partial charge < -0.3 is 24.6 Å². The second-order valence-electron chi connectivity index (χ2n) is 7.74. The Balaban J connectivity index is 1.54. The zero-order valence-electron chi connectivity index (χ0n) is 17.9. The number of ether oxygens (including phenoxy) is 2. The Hall–Kier alpha value is -3.03. The molecule has 0 saturated carbocycles. The van der Waals surface area contributed by atoms with Crippen LogP contribution in [0.15, 0.2) is 18.2 Å². The minimum Gasteiger partial charge on any atom is -0.497 e. The molecule has 1 aromatic carbocycles. The summed E-state index contributed by atoms with van der Waals surface area (Å²) in [5.41, 5.74) is 2.75. The number of hydrogen-bond donors (Lipinski definition) is 1. The number of benzene rings is 1. The molecule has 1 fully saturated rings. The SMILES string of the molecule is COc1ccc(NC(=O)N2CCc3nc(C)nc(N4CCCCC4)c3C2)c(OC)c1. The Labute approximate surface area is 177 Å². The number of aromatic nitrogens is 2. The normalized spacial score (nSPS) is 16.1. The molecule has 2 aromatic rings. The maximum atomic E-state index is 13.0. The summed E-state index contributed by atoms with van der Waals surface area (Å²) < 4.78 is 10.6. The van der Waals surface area contributed by atoms with Crippen molar-refractivity contribution in [3.63, 3.8) is 0 Å². The molecule has 8 heteroatoms. The standard InChI is InChI=1S/C22H29N5O3/c1-15-23-18-9-12-27(14-17(18)21(24-15)26-10-5-4-6-11-26)22(28)25-19-8-7-16(29-2)13-20(19)30-3/h7-8,13H,4-6,9-12,14H2,1-3H3,(H,25,28). The van der Waals surface area contributed by atoms with Gasteiger partial charge in [0.2, 0.25) is 0 Å². The molecule has 0 atom stereocenters. The third kappa shape index (κ3) is 4.13. The van der Waals surface area contributed by atoms with Gasteiger partial charge in [-0.15, -0.1) is 0 Å². The molecule has 1 saturated heterocycles. The molecular weight excluding hydrogens is 382 g/mol. The molecule has 3 heterocycles. The van der Waals surface area contributed by atoms with Crippen LogP contribution < -0.4 is 19.7 Å². The number of nitrogens with zero attached hydrogens (tertiary/aromatic N) is 4. The van der Waals surface area contributed by atoms with E-state index in [0.29, 0.717) is 30.3 Å². The van der Waals surface area contributed by atoms with Crippen molar-refractivity contribution in [3.8, 4) is 11.5 Å². The van der Waals surface area contributed by atoms with Gasteiger partial charge in [0.1, 0.15) is 23.1 Å². The Morgan fingerprint density at radius 2 is 1.87 bits per heavy atom. The van der Waals surface area contributed by atoms with Gasteiger partial charge in [-0.05, 0) is 38.3 Å². The van der Waals surface area contributed by atoms with E-state index in [1.807, 2.05) is 11.8 Å². The highest BCUT2D eigenvalue weighted by atomic mass is 16.5. The average molecular weight is 412 g/mol. The van der Waals surface area contributed by atoms with Crippen LogP contribution in [0.25, 0.3) is 0 Å². The molecule has 2 amide bonds. The molecule has 0 bridgehead atoms. The summed E-state index contributed by atoms with van der Waals surface area (Å²) in [6.07, 6.45) is 4.35. The van der Waals surface area contributed by atoms with Gasteiger partial charge >= 0.3 is 6.03 Å². The van der Waals surface area contributed by atoms with Crippen LogP contribution in [-0.4, -0.2) is 54.8 Å². The topological polar surface area (TPSA) is 79.8 Å². The molecule has 0 spiro atoms. The monoisotopic (exact) mass is 411 g/mol. The molecule has 0 aliphatic carbocycles. The minimum atomic E-state index is -0.158. The van der Waals surface area contributed by atoms with Crippen LogP contribution in [0.4, 0.5) is 16.3 Å². The van der Waals surface area contributed by atoms with E-state index in [9.17, 15) is 4.79 Å². The molecule has 1 N–H and O–H groups in total. The second-order valence-corrected chi connectivity index (χ2v) is 7.74. The largest absolute Gasteiger partial charge is 0.497 e. The highest BCUT2D eigenvalue weighted by molar-refractivity contribution is 5.91. The lowest BCUT2D eigenvalue weighted by molar-refractivity contribution is 0.205. The number of nitrogens with one attached hydrogen (secondary N) is 1. The Kier molecular flexibility index (Phi) is 5.92. The highest BCUT2D eigenvalue weighted by Gasteiger charge is 2.28. The predicted octanol–water partition coefficient (Wildman–Crippen LogP) is 3.38. The summed E-state index contributed by atoms with van der Waals surface area (Å²) in [5, 5.41) is 2.98. The summed E-state index contributed by atoms with van der Waals surface area (Å²) in [5.74, 6) is 3.04. The summed E-state index contributed by atoms with van der Waals surface area (Å²) in [6, 6.07) is 5.19. The number of anilines is 2. The van der Waals surface area contributed by atoms with E-state index in [-0.39, 0.29) is 6.03 Å². The second kappa shape index (κ2) is 8.77. The van der Waals surface area contributed by atoms with Crippen LogP contribution in [0.5, 0.6) is 11.5 Å². The van der Waals surface area contributed by atoms with Crippen molar-refractivity contribution in [2.24, 2.45) is 0 Å². The van der Waals surface area contributed by atoms with Crippen LogP contribution in [0.1, 0.15) is 36.3 Å². The third-order valence-electron chi connectivity index (χ3n) is 5.74. The van der Waals surface area contributed by atoms with Crippen LogP contribution in [0.2, 0.25) is 0 Å². The minimum absolute atomic E-state index is 0.158. The summed E-state index contributed by atoms with van der Waals surface area (Å²) >= 11 is 0. The van der Waals surface area contributed by atoms with Crippen molar-refractivity contribution in [2.75, 3.05) is 44.1 Å². The fourth-order valence-corrected chi connectivity index (χ4v) is 4.15. The lowest BCUT2D eigenvalue weighted by atomic mass is 10.0. The van der Waals surface area contributed by atoms with Gasteiger partial charge in [-0.1, -0.05) is 0 Å². The molecule has 160 valence electrons. The number of hydrogen-bond acceptors (Lipinski definition) is 6. The number of carbonyl (C=O) groups excluding carboxylic acids is 1. The van der Waals surface area contributed by atoms with Gasteiger partial charge in [-0.2, -0.15) is 0 Å². The van der Waals surface area contributed by atoms with Crippen molar-refractivity contribution >= 4 is 17.5 Å². The number of fused-ring (bicyclic) bond motifs is 1. The van der Waals surface area contributed by atoms with Gasteiger partial charge in [-0.25, -0.2) is 14.8 Å². The number of aryl methyl sites for hydroxylation is 1. The summed E-state index contributed by atoms with van der Waals surface area (Å²) in [7, 11) is 3.17. The van der Waals surface area contributed by atoms with E-state index in [0.717, 1.165) is 42.4 Å². The van der Waals surface area contributed by atoms with Gasteiger partial charge in [0.15, 0.2) is 0 Å². The van der Waals surface area contributed by atoms with E-state index in [1.54, 1.807) is 32.4 Å². The first-order valence-corrected chi connectivity index (χ1v) is 10.5. The lowest BCUT2D eigenvalue weighted by Gasteiger charge is -2.34. The molecule has 1 aromatic heterocycles. The molecule has 2 aliphatic rings. The van der Waals surface area contributed by atoms with Crippen LogP contribution >= 0.6 is 0 Å². The number of amides is 2. The highest BCUT2D eigenvalue weighted by Crippen LogP contribution is 2.31. The maximum Gasteiger partial charge on any atom is 0.322 e. The van der Waals surface area contributed by atoms with Gasteiger partial charge in [0.05, 0.1) is 32.1 Å². The first-order chi connectivity index (χ1) is 14.6. The number of carbonyl (C=O) groups is 1. The first kappa shape index (κ1) is 20.3. The molecule has 8 nitrogen and oxygen atoms in total. The molecule has 0 radical (unpaired) electrons. The van der Waals surface area contributed by atoms with Gasteiger partial charge in [-0.3, -0.25) is 0 Å². The zero-order valence-corrected chi connectivity index (χ0v) is 17.9. The van der Waals surface area contributed by atoms with Crippen molar-refractivity contribution in [2.45, 2.75) is 39.2 Å². The van der Waals surface area contributed by atoms with E-state index < -0.39 is 0 Å². The molecule has 0 unspecified atom stereocenters. The zero-order chi connectivity index (χ0) is 21.1. The van der Waals surface area contributed by atoms with Crippen molar-refractivity contribution < 1.29 is 14.3 Å². The van der Waals surface area contributed by atoms with Crippen molar-refractivity contribution in [3.05, 3.63) is 35.3 Å². The number of rotatable bonds is 4. The smallest absolute Gasteiger partial charge is 0.322 e. The average Bonchev–Trinajstić information content (AvgIpc) is 2.79. The number of urea groups is 1. The van der Waals surface area contributed by atoms with E-state index >= 15 is 0 Å². The van der Waals surface area contributed by atoms with Gasteiger partial charge in [0, 0.05) is 37.7 Å². The number of piperidine rings is 1. The summed E-state index contributed by atoms with van der Waals surface area (Å²) in [6.45, 7) is 5.10. The molecule has 4 rings (SSSR count). The third-order valence-corrected chi connectivity index (χ3v) is 5.74. The molecule has 2 aliphatic heterocycles. The lowest BCUT2D eigenvalue weighted by Crippen LogP contribution is -2.41. The Morgan fingerprint density at radius 1 is 1.07 bits per heavy atom. The van der Waals surface area contributed by atoms with E-state index in [2.05, 4.69) is 15.2 Å². The van der Waals surface area contributed by atoms with Crippen molar-refractivity contribution in [1.29, 1.82) is 0 Å².